The van der Waals surface area contributed by atoms with Crippen LogP contribution in [0.15, 0.2) is 39.8 Å². The zero-order chi connectivity index (χ0) is 19.3. The van der Waals surface area contributed by atoms with E-state index in [9.17, 15) is 4.79 Å². The highest BCUT2D eigenvalue weighted by Gasteiger charge is 2.14. The lowest BCUT2D eigenvalue weighted by molar-refractivity contribution is 0.0920. The summed E-state index contributed by atoms with van der Waals surface area (Å²) in [6.07, 6.45) is 1.81. The minimum absolute atomic E-state index is 0.00488. The number of Topliss-reactive ketones (excluding diaryl/α,β-unsaturated/α-hetero) is 1. The summed E-state index contributed by atoms with van der Waals surface area (Å²) >= 11 is 3.47. The quantitative estimate of drug-likeness (QED) is 0.351. The van der Waals surface area contributed by atoms with Crippen LogP contribution < -0.4 is 4.74 Å². The lowest BCUT2D eigenvalue weighted by Crippen LogP contribution is -2.15. The smallest absolute Gasteiger partial charge is 0.200 e. The van der Waals surface area contributed by atoms with Crippen molar-refractivity contribution in [3.05, 3.63) is 57.1 Å². The minimum Gasteiger partial charge on any atom is -0.484 e. The molecule has 0 aliphatic carbocycles. The molecule has 0 unspecified atom stereocenters. The predicted molar refractivity (Wildman–Crippen MR) is 111 cm³/mol. The molecule has 0 saturated heterocycles. The number of ether oxygens (including phenoxy) is 1. The summed E-state index contributed by atoms with van der Waals surface area (Å²) < 4.78 is 6.62. The Kier molecular flexibility index (Phi) is 6.98. The van der Waals surface area contributed by atoms with Crippen LogP contribution in [0.4, 0.5) is 5.69 Å². The number of para-hydroxylation sites is 1. The van der Waals surface area contributed by atoms with Gasteiger partial charge in [-0.2, -0.15) is 0 Å². The number of halogens is 1. The van der Waals surface area contributed by atoms with Crippen LogP contribution in [0.25, 0.3) is 0 Å². The predicted octanol–water partition coefficient (Wildman–Crippen LogP) is 5.25. The standard InChI is InChI=1S/C21H25BrN2O2/c1-6-24(5)13-23-19-11-15(3)17(10-16(19)4)20(25)12-26-21-14(2)8-7-9-18(21)22/h7-11,13H,6,12H2,1-5H3/b23-13-. The number of hydrogen-bond acceptors (Lipinski definition) is 3. The maximum Gasteiger partial charge on any atom is 0.200 e. The van der Waals surface area contributed by atoms with E-state index in [1.54, 1.807) is 0 Å². The first-order chi connectivity index (χ1) is 12.3. The Morgan fingerprint density at radius 3 is 2.58 bits per heavy atom. The number of aliphatic imine (C=N–C) groups is 1. The van der Waals surface area contributed by atoms with Crippen LogP contribution in [0.1, 0.15) is 34.0 Å². The minimum atomic E-state index is -0.0399. The van der Waals surface area contributed by atoms with E-state index in [4.69, 9.17) is 4.74 Å². The van der Waals surface area contributed by atoms with E-state index in [-0.39, 0.29) is 12.4 Å². The second-order valence-electron chi connectivity index (χ2n) is 6.37. The molecule has 0 aliphatic heterocycles. The van der Waals surface area contributed by atoms with Crippen LogP contribution in [0, 0.1) is 20.8 Å². The van der Waals surface area contributed by atoms with Crippen molar-refractivity contribution in [1.82, 2.24) is 4.90 Å². The van der Waals surface area contributed by atoms with Crippen LogP contribution in [-0.2, 0) is 0 Å². The first-order valence-electron chi connectivity index (χ1n) is 8.60. The highest BCUT2D eigenvalue weighted by Crippen LogP contribution is 2.29. The zero-order valence-corrected chi connectivity index (χ0v) is 17.6. The monoisotopic (exact) mass is 416 g/mol. The van der Waals surface area contributed by atoms with Crippen LogP contribution >= 0.6 is 15.9 Å². The molecule has 0 fully saturated rings. The summed E-state index contributed by atoms with van der Waals surface area (Å²) in [6.45, 7) is 8.82. The molecular weight excluding hydrogens is 392 g/mol. The molecule has 0 aromatic heterocycles. The van der Waals surface area contributed by atoms with Gasteiger partial charge in [0.15, 0.2) is 12.4 Å². The normalized spacial score (nSPS) is 11.0. The van der Waals surface area contributed by atoms with E-state index >= 15 is 0 Å². The molecule has 0 heterocycles. The van der Waals surface area contributed by atoms with E-state index in [1.165, 1.54) is 0 Å². The molecular formula is C21H25BrN2O2. The number of benzene rings is 2. The average Bonchev–Trinajstić information content (AvgIpc) is 2.61. The Labute approximate surface area is 164 Å². The molecule has 138 valence electrons. The van der Waals surface area contributed by atoms with Gasteiger partial charge in [-0.25, -0.2) is 4.99 Å². The van der Waals surface area contributed by atoms with Gasteiger partial charge in [0.1, 0.15) is 5.75 Å². The van der Waals surface area contributed by atoms with Gasteiger partial charge in [-0.15, -0.1) is 0 Å². The topological polar surface area (TPSA) is 41.9 Å². The van der Waals surface area contributed by atoms with Crippen molar-refractivity contribution in [2.45, 2.75) is 27.7 Å². The van der Waals surface area contributed by atoms with Gasteiger partial charge in [0.25, 0.3) is 0 Å². The molecule has 0 aliphatic rings. The van der Waals surface area contributed by atoms with E-state index in [2.05, 4.69) is 27.8 Å². The van der Waals surface area contributed by atoms with Gasteiger partial charge < -0.3 is 9.64 Å². The van der Waals surface area contributed by atoms with E-state index < -0.39 is 0 Å². The molecule has 0 bridgehead atoms. The van der Waals surface area contributed by atoms with Crippen molar-refractivity contribution >= 4 is 33.7 Å². The molecule has 5 heteroatoms. The number of nitrogens with zero attached hydrogens (tertiary/aromatic N) is 2. The van der Waals surface area contributed by atoms with E-state index in [0.29, 0.717) is 11.3 Å². The first-order valence-corrected chi connectivity index (χ1v) is 9.39. The van der Waals surface area contributed by atoms with Gasteiger partial charge >= 0.3 is 0 Å². The van der Waals surface area contributed by atoms with Gasteiger partial charge in [-0.3, -0.25) is 4.79 Å². The fourth-order valence-electron chi connectivity index (χ4n) is 2.50. The average molecular weight is 417 g/mol. The van der Waals surface area contributed by atoms with Crippen LogP contribution in [0.2, 0.25) is 0 Å². The molecule has 2 aromatic carbocycles. The number of aryl methyl sites for hydroxylation is 3. The summed E-state index contributed by atoms with van der Waals surface area (Å²) in [5.41, 5.74) is 4.41. The van der Waals surface area contributed by atoms with Gasteiger partial charge in [-0.05, 0) is 78.5 Å². The summed E-state index contributed by atoms with van der Waals surface area (Å²) in [4.78, 5) is 19.2. The lowest BCUT2D eigenvalue weighted by atomic mass is 10.0. The fourth-order valence-corrected chi connectivity index (χ4v) is 3.08. The Morgan fingerprint density at radius 1 is 1.19 bits per heavy atom. The number of carbonyl (C=O) groups is 1. The second kappa shape index (κ2) is 8.99. The SMILES string of the molecule is CCN(C)/C=N\c1cc(C)c(C(=O)COc2c(C)cccc2Br)cc1C. The molecule has 0 saturated carbocycles. The zero-order valence-electron chi connectivity index (χ0n) is 16.0. The molecule has 0 amide bonds. The maximum atomic E-state index is 12.7. The fraction of sp³-hybridized carbons (Fsp3) is 0.333. The molecule has 2 rings (SSSR count). The third kappa shape index (κ3) is 4.94. The molecule has 0 spiro atoms. The van der Waals surface area contributed by atoms with Crippen molar-refractivity contribution in [3.63, 3.8) is 0 Å². The maximum absolute atomic E-state index is 12.7. The van der Waals surface area contributed by atoms with Crippen LogP contribution in [-0.4, -0.2) is 37.2 Å². The molecule has 26 heavy (non-hydrogen) atoms. The number of carbonyl (C=O) groups excluding carboxylic acids is 1. The van der Waals surface area contributed by atoms with Crippen molar-refractivity contribution in [2.75, 3.05) is 20.2 Å². The molecule has 2 aromatic rings. The van der Waals surface area contributed by atoms with Crippen molar-refractivity contribution in [1.29, 1.82) is 0 Å². The van der Waals surface area contributed by atoms with Crippen LogP contribution in [0.5, 0.6) is 5.75 Å². The molecule has 4 nitrogen and oxygen atoms in total. The third-order valence-corrected chi connectivity index (χ3v) is 4.87. The molecule has 0 radical (unpaired) electrons. The van der Waals surface area contributed by atoms with Gasteiger partial charge in [0.05, 0.1) is 16.5 Å². The lowest BCUT2D eigenvalue weighted by Gasteiger charge is -2.13. The van der Waals surface area contributed by atoms with Gasteiger partial charge in [0, 0.05) is 19.2 Å². The van der Waals surface area contributed by atoms with Crippen molar-refractivity contribution < 1.29 is 9.53 Å². The molecule has 0 N–H and O–H groups in total. The first kappa shape index (κ1) is 20.2. The van der Waals surface area contributed by atoms with Gasteiger partial charge in [-0.1, -0.05) is 12.1 Å². The third-order valence-electron chi connectivity index (χ3n) is 4.25. The highest BCUT2D eigenvalue weighted by molar-refractivity contribution is 9.10. The summed E-state index contributed by atoms with van der Waals surface area (Å²) in [5, 5.41) is 0. The summed E-state index contributed by atoms with van der Waals surface area (Å²) in [5.74, 6) is 0.668. The highest BCUT2D eigenvalue weighted by atomic mass is 79.9. The Bertz CT molecular complexity index is 811. The largest absolute Gasteiger partial charge is 0.484 e. The number of hydrogen-bond donors (Lipinski definition) is 0. The molecule has 0 atom stereocenters. The van der Waals surface area contributed by atoms with Crippen LogP contribution in [0.3, 0.4) is 0 Å². The summed E-state index contributed by atoms with van der Waals surface area (Å²) in [6, 6.07) is 9.65. The Morgan fingerprint density at radius 2 is 1.92 bits per heavy atom. The Balaban J connectivity index is 2.17. The van der Waals surface area contributed by atoms with E-state index in [0.717, 1.165) is 33.4 Å². The number of rotatable bonds is 7. The Hall–Kier alpha value is -2.14. The number of ketones is 1. The summed E-state index contributed by atoms with van der Waals surface area (Å²) in [7, 11) is 1.98. The van der Waals surface area contributed by atoms with Gasteiger partial charge in [0.2, 0.25) is 0 Å². The van der Waals surface area contributed by atoms with E-state index in [1.807, 2.05) is 69.4 Å². The van der Waals surface area contributed by atoms with Crippen molar-refractivity contribution in [2.24, 2.45) is 4.99 Å². The van der Waals surface area contributed by atoms with Crippen molar-refractivity contribution in [3.8, 4) is 5.75 Å². The second-order valence-corrected chi connectivity index (χ2v) is 7.22.